The van der Waals surface area contributed by atoms with Crippen molar-refractivity contribution in [2.24, 2.45) is 5.73 Å². The molecule has 1 aromatic carbocycles. The highest BCUT2D eigenvalue weighted by atomic mass is 19.4. The Hall–Kier alpha value is -2.82. The van der Waals surface area contributed by atoms with Gasteiger partial charge in [0.15, 0.2) is 5.96 Å². The molecule has 158 valence electrons. The fourth-order valence-corrected chi connectivity index (χ4v) is 3.21. The minimum Gasteiger partial charge on any atom is -0.493 e. The Morgan fingerprint density at radius 1 is 1.38 bits per heavy atom. The van der Waals surface area contributed by atoms with Gasteiger partial charge in [-0.25, -0.2) is 0 Å². The molecule has 0 amide bonds. The highest BCUT2D eigenvalue weighted by Gasteiger charge is 2.36. The quantitative estimate of drug-likeness (QED) is 0.362. The van der Waals surface area contributed by atoms with Crippen LogP contribution in [-0.4, -0.2) is 45.9 Å². The Balaban J connectivity index is 1.84. The first-order valence-corrected chi connectivity index (χ1v) is 9.21. The smallest absolute Gasteiger partial charge is 0.419 e. The van der Waals surface area contributed by atoms with E-state index in [1.54, 1.807) is 4.90 Å². The second kappa shape index (κ2) is 8.68. The van der Waals surface area contributed by atoms with Gasteiger partial charge in [0.25, 0.3) is 0 Å². The van der Waals surface area contributed by atoms with Crippen molar-refractivity contribution >= 4 is 5.96 Å². The van der Waals surface area contributed by atoms with Crippen molar-refractivity contribution in [1.29, 1.82) is 5.41 Å². The molecule has 0 spiro atoms. The van der Waals surface area contributed by atoms with Gasteiger partial charge in [0.2, 0.25) is 11.7 Å². The van der Waals surface area contributed by atoms with Gasteiger partial charge in [-0.15, -0.1) is 0 Å². The molecular weight excluding hydrogens is 391 g/mol. The first kappa shape index (κ1) is 20.9. The minimum atomic E-state index is -4.62. The van der Waals surface area contributed by atoms with Gasteiger partial charge in [0.05, 0.1) is 12.2 Å². The summed E-state index contributed by atoms with van der Waals surface area (Å²) in [5, 5.41) is 20.2. The fraction of sp³-hybridized carbons (Fsp3) is 0.500. The van der Waals surface area contributed by atoms with Crippen molar-refractivity contribution in [1.82, 2.24) is 15.0 Å². The number of hydrogen-bond acceptors (Lipinski definition) is 6. The van der Waals surface area contributed by atoms with Crippen LogP contribution in [0.15, 0.2) is 22.7 Å². The average Bonchev–Trinajstić information content (AvgIpc) is 3.33. The molecule has 1 aromatic heterocycles. The Morgan fingerprint density at radius 2 is 2.17 bits per heavy atom. The molecule has 0 aliphatic carbocycles. The van der Waals surface area contributed by atoms with Crippen LogP contribution < -0.4 is 10.5 Å². The number of rotatable bonds is 7. The van der Waals surface area contributed by atoms with Gasteiger partial charge in [-0.3, -0.25) is 5.41 Å². The minimum absolute atomic E-state index is 0.0210. The summed E-state index contributed by atoms with van der Waals surface area (Å²) < 4.78 is 50.9. The molecule has 0 saturated carbocycles. The zero-order valence-corrected chi connectivity index (χ0v) is 15.6. The Morgan fingerprint density at radius 3 is 2.86 bits per heavy atom. The predicted molar refractivity (Wildman–Crippen MR) is 97.1 cm³/mol. The van der Waals surface area contributed by atoms with Crippen molar-refractivity contribution in [2.45, 2.75) is 37.9 Å². The number of aliphatic hydroxyl groups is 1. The summed E-state index contributed by atoms with van der Waals surface area (Å²) in [5.74, 6) is -0.172. The van der Waals surface area contributed by atoms with Crippen molar-refractivity contribution < 1.29 is 27.5 Å². The van der Waals surface area contributed by atoms with E-state index in [0.29, 0.717) is 25.8 Å². The van der Waals surface area contributed by atoms with Crippen LogP contribution in [-0.2, 0) is 6.18 Å². The van der Waals surface area contributed by atoms with Crippen LogP contribution in [0.1, 0.15) is 43.2 Å². The maximum absolute atomic E-state index is 13.5. The molecule has 3 rings (SSSR count). The number of nitrogens with two attached hydrogens (primary N) is 1. The number of likely N-dealkylation sites (tertiary alicyclic amines) is 1. The molecule has 4 N–H and O–H groups in total. The van der Waals surface area contributed by atoms with Gasteiger partial charge < -0.3 is 25.0 Å². The highest BCUT2D eigenvalue weighted by Crippen LogP contribution is 2.39. The first-order chi connectivity index (χ1) is 13.8. The summed E-state index contributed by atoms with van der Waals surface area (Å²) in [7, 11) is 0. The molecule has 1 aliphatic heterocycles. The molecule has 1 atom stereocenters. The first-order valence-electron chi connectivity index (χ1n) is 9.21. The third kappa shape index (κ3) is 4.78. The number of benzene rings is 1. The monoisotopic (exact) mass is 413 g/mol. The average molecular weight is 413 g/mol. The molecule has 0 radical (unpaired) electrons. The highest BCUT2D eigenvalue weighted by molar-refractivity contribution is 5.75. The third-order valence-corrected chi connectivity index (χ3v) is 4.64. The lowest BCUT2D eigenvalue weighted by atomic mass is 10.1. The summed E-state index contributed by atoms with van der Waals surface area (Å²) in [5.41, 5.74) is 4.76. The normalized spacial score (nSPS) is 17.0. The molecule has 1 aliphatic rings. The molecule has 1 fully saturated rings. The van der Waals surface area contributed by atoms with Crippen LogP contribution in [0.5, 0.6) is 5.75 Å². The Labute approximate surface area is 165 Å². The summed E-state index contributed by atoms with van der Waals surface area (Å²) in [6, 6.07) is 3.23. The zero-order chi connectivity index (χ0) is 21.0. The number of nitrogens with one attached hydrogen (secondary N) is 1. The number of ether oxygens (including phenoxy) is 1. The van der Waals surface area contributed by atoms with E-state index in [1.165, 1.54) is 12.1 Å². The van der Waals surface area contributed by atoms with Crippen LogP contribution >= 0.6 is 0 Å². The van der Waals surface area contributed by atoms with Gasteiger partial charge in [0.1, 0.15) is 11.8 Å². The number of nitrogens with zero attached hydrogens (tertiary/aromatic N) is 3. The maximum atomic E-state index is 13.5. The lowest BCUT2D eigenvalue weighted by Gasteiger charge is -2.21. The number of unbranched alkanes of at least 4 members (excludes halogenated alkanes) is 1. The maximum Gasteiger partial charge on any atom is 0.419 e. The van der Waals surface area contributed by atoms with E-state index in [2.05, 4.69) is 10.1 Å². The summed E-state index contributed by atoms with van der Waals surface area (Å²) in [6.45, 7) is 0.604. The van der Waals surface area contributed by atoms with Crippen LogP contribution in [0.25, 0.3) is 11.4 Å². The van der Waals surface area contributed by atoms with Crippen molar-refractivity contribution in [2.75, 3.05) is 19.8 Å². The van der Waals surface area contributed by atoms with Crippen LogP contribution in [0, 0.1) is 5.41 Å². The molecule has 2 heterocycles. The lowest BCUT2D eigenvalue weighted by molar-refractivity contribution is -0.138. The van der Waals surface area contributed by atoms with Crippen molar-refractivity contribution in [3.8, 4) is 17.1 Å². The lowest BCUT2D eigenvalue weighted by Crippen LogP contribution is -2.35. The van der Waals surface area contributed by atoms with E-state index in [4.69, 9.17) is 25.5 Å². The summed E-state index contributed by atoms with van der Waals surface area (Å²) in [4.78, 5) is 5.84. The largest absolute Gasteiger partial charge is 0.493 e. The van der Waals surface area contributed by atoms with Gasteiger partial charge in [-0.2, -0.15) is 18.2 Å². The van der Waals surface area contributed by atoms with E-state index in [-0.39, 0.29) is 48.2 Å². The second-order valence-corrected chi connectivity index (χ2v) is 6.68. The third-order valence-electron chi connectivity index (χ3n) is 4.64. The molecule has 0 unspecified atom stereocenters. The van der Waals surface area contributed by atoms with Crippen molar-refractivity contribution in [3.05, 3.63) is 29.7 Å². The second-order valence-electron chi connectivity index (χ2n) is 6.68. The van der Waals surface area contributed by atoms with Crippen molar-refractivity contribution in [3.63, 3.8) is 0 Å². The fourth-order valence-electron chi connectivity index (χ4n) is 3.21. The number of aliphatic hydroxyl groups excluding tert-OH is 1. The van der Waals surface area contributed by atoms with Crippen LogP contribution in [0.3, 0.4) is 0 Å². The molecule has 2 aromatic rings. The summed E-state index contributed by atoms with van der Waals surface area (Å²) in [6.07, 6.45) is -2.27. The Kier molecular flexibility index (Phi) is 6.26. The van der Waals surface area contributed by atoms with E-state index in [0.717, 1.165) is 12.5 Å². The van der Waals surface area contributed by atoms with Crippen LogP contribution in [0.2, 0.25) is 0 Å². The number of hydrogen-bond donors (Lipinski definition) is 3. The zero-order valence-electron chi connectivity index (χ0n) is 15.6. The van der Waals surface area contributed by atoms with E-state index < -0.39 is 11.7 Å². The number of alkyl halides is 3. The summed E-state index contributed by atoms with van der Waals surface area (Å²) >= 11 is 0. The predicted octanol–water partition coefficient (Wildman–Crippen LogP) is 2.94. The molecular formula is C18H22F3N5O3. The SMILES string of the molecule is N=C(N)N1CCC[C@H]1c1nc(-c2ccc(OCCCCO)c(C(F)(F)F)c2)no1. The van der Waals surface area contributed by atoms with E-state index in [9.17, 15) is 13.2 Å². The van der Waals surface area contributed by atoms with Gasteiger partial charge in [-0.1, -0.05) is 5.16 Å². The van der Waals surface area contributed by atoms with E-state index >= 15 is 0 Å². The van der Waals surface area contributed by atoms with Crippen LogP contribution in [0.4, 0.5) is 13.2 Å². The van der Waals surface area contributed by atoms with E-state index in [1.807, 2.05) is 0 Å². The standard InChI is InChI=1S/C18H22F3N5O3/c19-18(20,21)12-10-11(5-6-14(12)28-9-2-1-8-27)15-24-16(29-25-15)13-4-3-7-26(13)17(22)23/h5-6,10,13,27H,1-4,7-9H2,(H3,22,23)/t13-/m0/s1. The molecule has 0 bridgehead atoms. The van der Waals surface area contributed by atoms with Gasteiger partial charge in [0, 0.05) is 18.7 Å². The molecule has 1 saturated heterocycles. The number of guanidine groups is 1. The number of aromatic nitrogens is 2. The molecule has 8 nitrogen and oxygen atoms in total. The molecule has 29 heavy (non-hydrogen) atoms. The van der Waals surface area contributed by atoms with Gasteiger partial charge in [-0.05, 0) is 43.9 Å². The van der Waals surface area contributed by atoms with Gasteiger partial charge >= 0.3 is 6.18 Å². The Bertz CT molecular complexity index is 856. The topological polar surface area (TPSA) is 121 Å². The number of halogens is 3. The molecule has 11 heteroatoms.